The normalized spacial score (nSPS) is 14.2. The SMILES string of the molecule is CCC(Sc1ccc2ccccc2n1)C(=O)Nc1sc2c(c1C(=O)OC)CCCC2. The van der Waals surface area contributed by atoms with E-state index in [1.165, 1.54) is 35.1 Å². The number of rotatable bonds is 6. The van der Waals surface area contributed by atoms with Crippen molar-refractivity contribution < 1.29 is 14.3 Å². The third-order valence-corrected chi connectivity index (χ3v) is 7.80. The third kappa shape index (κ3) is 4.23. The molecule has 2 heterocycles. The number of amides is 1. The number of carbonyl (C=O) groups is 2. The van der Waals surface area contributed by atoms with Gasteiger partial charge in [-0.2, -0.15) is 0 Å². The number of aromatic nitrogens is 1. The number of thiophene rings is 1. The third-order valence-electron chi connectivity index (χ3n) is 5.30. The van der Waals surface area contributed by atoms with E-state index in [4.69, 9.17) is 4.74 Å². The summed E-state index contributed by atoms with van der Waals surface area (Å²) in [5, 5.41) is 5.22. The molecular formula is C23H24N2O3S2. The molecule has 0 spiro atoms. The fourth-order valence-corrected chi connectivity index (χ4v) is 5.95. The molecular weight excluding hydrogens is 416 g/mol. The molecule has 1 N–H and O–H groups in total. The number of nitrogens with one attached hydrogen (secondary N) is 1. The number of para-hydroxylation sites is 1. The molecule has 1 unspecified atom stereocenters. The van der Waals surface area contributed by atoms with Crippen LogP contribution in [0.4, 0.5) is 5.00 Å². The van der Waals surface area contributed by atoms with E-state index < -0.39 is 0 Å². The lowest BCUT2D eigenvalue weighted by Gasteiger charge is -2.15. The Morgan fingerprint density at radius 1 is 1.20 bits per heavy atom. The number of hydrogen-bond acceptors (Lipinski definition) is 6. The predicted molar refractivity (Wildman–Crippen MR) is 123 cm³/mol. The lowest BCUT2D eigenvalue weighted by Crippen LogP contribution is -2.25. The summed E-state index contributed by atoms with van der Waals surface area (Å²) in [4.78, 5) is 31.4. The quantitative estimate of drug-likeness (QED) is 0.407. The summed E-state index contributed by atoms with van der Waals surface area (Å²) in [6, 6.07) is 11.9. The van der Waals surface area contributed by atoms with Crippen LogP contribution in [-0.4, -0.2) is 29.2 Å². The monoisotopic (exact) mass is 440 g/mol. The predicted octanol–water partition coefficient (Wildman–Crippen LogP) is 5.47. The largest absolute Gasteiger partial charge is 0.465 e. The average Bonchev–Trinajstić information content (AvgIpc) is 3.14. The molecule has 3 aromatic rings. The molecule has 0 saturated carbocycles. The zero-order chi connectivity index (χ0) is 21.1. The van der Waals surface area contributed by atoms with Crippen molar-refractivity contribution in [3.05, 3.63) is 52.4 Å². The first-order chi connectivity index (χ1) is 14.6. The van der Waals surface area contributed by atoms with Crippen LogP contribution in [0.2, 0.25) is 0 Å². The van der Waals surface area contributed by atoms with Crippen LogP contribution in [0.5, 0.6) is 0 Å². The highest BCUT2D eigenvalue weighted by Gasteiger charge is 2.28. The number of fused-ring (bicyclic) bond motifs is 2. The Morgan fingerprint density at radius 2 is 2.00 bits per heavy atom. The average molecular weight is 441 g/mol. The first-order valence-electron chi connectivity index (χ1n) is 10.2. The molecule has 156 valence electrons. The maximum Gasteiger partial charge on any atom is 0.341 e. The number of ether oxygens (including phenoxy) is 1. The van der Waals surface area contributed by atoms with Crippen molar-refractivity contribution in [2.75, 3.05) is 12.4 Å². The van der Waals surface area contributed by atoms with E-state index in [0.717, 1.165) is 47.2 Å². The van der Waals surface area contributed by atoms with Gasteiger partial charge in [-0.25, -0.2) is 9.78 Å². The molecule has 1 aliphatic rings. The lowest BCUT2D eigenvalue weighted by molar-refractivity contribution is -0.115. The molecule has 1 aromatic carbocycles. The zero-order valence-electron chi connectivity index (χ0n) is 17.1. The smallest absolute Gasteiger partial charge is 0.341 e. The van der Waals surface area contributed by atoms with Crippen LogP contribution in [0, 0.1) is 0 Å². The van der Waals surface area contributed by atoms with Gasteiger partial charge in [0.25, 0.3) is 0 Å². The van der Waals surface area contributed by atoms with E-state index in [0.29, 0.717) is 17.0 Å². The van der Waals surface area contributed by atoms with E-state index >= 15 is 0 Å². The molecule has 0 bridgehead atoms. The van der Waals surface area contributed by atoms with Gasteiger partial charge < -0.3 is 10.1 Å². The van der Waals surface area contributed by atoms with Crippen molar-refractivity contribution in [3.8, 4) is 0 Å². The highest BCUT2D eigenvalue weighted by molar-refractivity contribution is 8.00. The molecule has 0 saturated heterocycles. The number of esters is 1. The Bertz CT molecular complexity index is 1090. The van der Waals surface area contributed by atoms with Crippen molar-refractivity contribution >= 4 is 50.9 Å². The Balaban J connectivity index is 1.55. The van der Waals surface area contributed by atoms with Gasteiger partial charge in [0.15, 0.2) is 0 Å². The van der Waals surface area contributed by atoms with E-state index in [1.54, 1.807) is 0 Å². The Hall–Kier alpha value is -2.38. The van der Waals surface area contributed by atoms with Crippen LogP contribution in [0.1, 0.15) is 47.0 Å². The lowest BCUT2D eigenvalue weighted by atomic mass is 9.95. The molecule has 30 heavy (non-hydrogen) atoms. The Kier molecular flexibility index (Phi) is 6.39. The second kappa shape index (κ2) is 9.18. The number of methoxy groups -OCH3 is 1. The molecule has 5 nitrogen and oxygen atoms in total. The second-order valence-electron chi connectivity index (χ2n) is 7.25. The highest BCUT2D eigenvalue weighted by atomic mass is 32.2. The van der Waals surface area contributed by atoms with Gasteiger partial charge in [0.05, 0.1) is 28.5 Å². The number of thioether (sulfide) groups is 1. The molecule has 1 atom stereocenters. The van der Waals surface area contributed by atoms with E-state index in [1.807, 2.05) is 43.3 Å². The summed E-state index contributed by atoms with van der Waals surface area (Å²) < 4.78 is 5.01. The number of aryl methyl sites for hydroxylation is 1. The van der Waals surface area contributed by atoms with Crippen LogP contribution in [0.15, 0.2) is 41.4 Å². The van der Waals surface area contributed by atoms with E-state index in [2.05, 4.69) is 10.3 Å². The van der Waals surface area contributed by atoms with Gasteiger partial charge >= 0.3 is 5.97 Å². The fraction of sp³-hybridized carbons (Fsp3) is 0.348. The standard InChI is InChI=1S/C23H24N2O3S2/c1-3-17(29-19-13-12-14-8-4-6-10-16(14)24-19)21(26)25-22-20(23(27)28-2)15-9-5-7-11-18(15)30-22/h4,6,8,10,12-13,17H,3,5,7,9,11H2,1-2H3,(H,25,26). The topological polar surface area (TPSA) is 68.3 Å². The van der Waals surface area contributed by atoms with E-state index in [9.17, 15) is 9.59 Å². The molecule has 1 amide bonds. The maximum atomic E-state index is 13.1. The summed E-state index contributed by atoms with van der Waals surface area (Å²) in [5.41, 5.74) is 2.50. The summed E-state index contributed by atoms with van der Waals surface area (Å²) in [6.07, 6.45) is 4.64. The molecule has 0 aliphatic heterocycles. The minimum atomic E-state index is -0.374. The van der Waals surface area contributed by atoms with Gasteiger partial charge in [-0.05, 0) is 49.8 Å². The first-order valence-corrected chi connectivity index (χ1v) is 11.9. The van der Waals surface area contributed by atoms with Gasteiger partial charge in [0.2, 0.25) is 5.91 Å². The van der Waals surface area contributed by atoms with Crippen LogP contribution in [-0.2, 0) is 22.4 Å². The molecule has 4 rings (SSSR count). The Morgan fingerprint density at radius 3 is 2.80 bits per heavy atom. The number of nitrogens with zero attached hydrogens (tertiary/aromatic N) is 1. The first kappa shape index (κ1) is 20.9. The Labute approximate surface area is 184 Å². The number of pyridine rings is 1. The van der Waals surface area contributed by atoms with Crippen LogP contribution >= 0.6 is 23.1 Å². The minimum Gasteiger partial charge on any atom is -0.465 e. The minimum absolute atomic E-state index is 0.110. The van der Waals surface area contributed by atoms with E-state index in [-0.39, 0.29) is 17.1 Å². The van der Waals surface area contributed by atoms with Gasteiger partial charge in [-0.1, -0.05) is 43.0 Å². The van der Waals surface area contributed by atoms with Crippen molar-refractivity contribution in [1.29, 1.82) is 0 Å². The van der Waals surface area contributed by atoms with Gasteiger partial charge in [0, 0.05) is 10.3 Å². The number of benzene rings is 1. The maximum absolute atomic E-state index is 13.1. The van der Waals surface area contributed by atoms with Crippen LogP contribution in [0.3, 0.4) is 0 Å². The van der Waals surface area contributed by atoms with Gasteiger partial charge in [0.1, 0.15) is 5.00 Å². The van der Waals surface area contributed by atoms with Crippen LogP contribution in [0.25, 0.3) is 10.9 Å². The van der Waals surface area contributed by atoms with Crippen LogP contribution < -0.4 is 5.32 Å². The molecule has 2 aromatic heterocycles. The van der Waals surface area contributed by atoms with Gasteiger partial charge in [-0.15, -0.1) is 11.3 Å². The summed E-state index contributed by atoms with van der Waals surface area (Å²) in [6.45, 7) is 1.99. The molecule has 0 radical (unpaired) electrons. The van der Waals surface area contributed by atoms with Crippen molar-refractivity contribution in [2.45, 2.75) is 49.3 Å². The number of carbonyl (C=O) groups excluding carboxylic acids is 2. The highest BCUT2D eigenvalue weighted by Crippen LogP contribution is 2.39. The fourth-order valence-electron chi connectivity index (χ4n) is 3.75. The van der Waals surface area contributed by atoms with Crippen molar-refractivity contribution in [1.82, 2.24) is 4.98 Å². The number of anilines is 1. The van der Waals surface area contributed by atoms with Gasteiger partial charge in [-0.3, -0.25) is 4.79 Å². The number of hydrogen-bond donors (Lipinski definition) is 1. The molecule has 1 aliphatic carbocycles. The van der Waals surface area contributed by atoms with Crippen molar-refractivity contribution in [2.24, 2.45) is 0 Å². The molecule has 0 fully saturated rings. The summed E-state index contributed by atoms with van der Waals surface area (Å²) in [5.74, 6) is -0.484. The second-order valence-corrected chi connectivity index (χ2v) is 9.58. The zero-order valence-corrected chi connectivity index (χ0v) is 18.7. The van der Waals surface area contributed by atoms with Crippen molar-refractivity contribution in [3.63, 3.8) is 0 Å². The summed E-state index contributed by atoms with van der Waals surface area (Å²) in [7, 11) is 1.39. The summed E-state index contributed by atoms with van der Waals surface area (Å²) >= 11 is 2.96. The molecule has 7 heteroatoms.